The zero-order valence-electron chi connectivity index (χ0n) is 12.2. The summed E-state index contributed by atoms with van der Waals surface area (Å²) in [5.74, 6) is 0.566. The summed E-state index contributed by atoms with van der Waals surface area (Å²) in [6.45, 7) is -0.172. The van der Waals surface area contributed by atoms with Gasteiger partial charge in [0.25, 0.3) is 0 Å². The minimum Gasteiger partial charge on any atom is -0.372 e. The van der Waals surface area contributed by atoms with Crippen LogP contribution in [0.4, 0.5) is 13.2 Å². The lowest BCUT2D eigenvalue weighted by Crippen LogP contribution is -2.37. The summed E-state index contributed by atoms with van der Waals surface area (Å²) >= 11 is 0. The van der Waals surface area contributed by atoms with Gasteiger partial charge in [0.1, 0.15) is 6.61 Å². The van der Waals surface area contributed by atoms with Crippen molar-refractivity contribution in [3.8, 4) is 0 Å². The number of aromatic nitrogens is 1. The first-order valence-electron chi connectivity index (χ1n) is 6.50. The van der Waals surface area contributed by atoms with E-state index in [4.69, 9.17) is 0 Å². The first-order chi connectivity index (χ1) is 10.0. The van der Waals surface area contributed by atoms with E-state index in [2.05, 4.69) is 25.3 Å². The van der Waals surface area contributed by atoms with Crippen molar-refractivity contribution in [1.82, 2.24) is 15.6 Å². The molecule has 0 aliphatic heterocycles. The van der Waals surface area contributed by atoms with Gasteiger partial charge in [-0.3, -0.25) is 9.98 Å². The zero-order valence-corrected chi connectivity index (χ0v) is 14.5. The van der Waals surface area contributed by atoms with Crippen LogP contribution in [0, 0.1) is 0 Å². The average molecular weight is 432 g/mol. The second-order valence-electron chi connectivity index (χ2n) is 4.19. The van der Waals surface area contributed by atoms with Gasteiger partial charge in [0, 0.05) is 26.4 Å². The molecule has 0 fully saturated rings. The van der Waals surface area contributed by atoms with Crippen LogP contribution >= 0.6 is 24.0 Å². The summed E-state index contributed by atoms with van der Waals surface area (Å²) in [6.07, 6.45) is -2.11. The molecule has 0 aliphatic carbocycles. The molecule has 0 bridgehead atoms. The lowest BCUT2D eigenvalue weighted by Gasteiger charge is -2.12. The summed E-state index contributed by atoms with van der Waals surface area (Å²) in [6, 6.07) is 5.60. The molecule has 0 unspecified atom stereocenters. The number of hydrogen-bond donors (Lipinski definition) is 2. The first-order valence-corrected chi connectivity index (χ1v) is 6.50. The number of ether oxygens (including phenoxy) is 1. The molecule has 1 rings (SSSR count). The molecule has 1 aromatic rings. The van der Waals surface area contributed by atoms with Gasteiger partial charge in [0.2, 0.25) is 0 Å². The van der Waals surface area contributed by atoms with E-state index in [1.165, 1.54) is 0 Å². The fourth-order valence-electron chi connectivity index (χ4n) is 1.47. The Morgan fingerprint density at radius 3 is 2.68 bits per heavy atom. The summed E-state index contributed by atoms with van der Waals surface area (Å²) in [4.78, 5) is 8.16. The van der Waals surface area contributed by atoms with Gasteiger partial charge in [-0.15, -0.1) is 24.0 Å². The molecule has 0 amide bonds. The Morgan fingerprint density at radius 2 is 2.09 bits per heavy atom. The quantitative estimate of drug-likeness (QED) is 0.301. The SMILES string of the molecule is CN=C(NCCCOCC(F)(F)F)NCc1ccccn1.I. The molecule has 2 N–H and O–H groups in total. The van der Waals surface area contributed by atoms with E-state index in [1.807, 2.05) is 18.2 Å². The fraction of sp³-hybridized carbons (Fsp3) is 0.538. The number of alkyl halides is 3. The predicted molar refractivity (Wildman–Crippen MR) is 89.3 cm³/mol. The smallest absolute Gasteiger partial charge is 0.372 e. The normalized spacial score (nSPS) is 11.7. The Labute approximate surface area is 144 Å². The van der Waals surface area contributed by atoms with Crippen molar-refractivity contribution in [1.29, 1.82) is 0 Å². The maximum absolute atomic E-state index is 11.8. The predicted octanol–water partition coefficient (Wildman–Crippen LogP) is 2.33. The molecule has 22 heavy (non-hydrogen) atoms. The molecule has 0 aliphatic rings. The van der Waals surface area contributed by atoms with Crippen LogP contribution in [0.3, 0.4) is 0 Å². The zero-order chi connectivity index (χ0) is 15.6. The number of nitrogens with one attached hydrogen (secondary N) is 2. The number of nitrogens with zero attached hydrogens (tertiary/aromatic N) is 2. The number of halogens is 4. The van der Waals surface area contributed by atoms with Gasteiger partial charge in [-0.1, -0.05) is 6.07 Å². The number of hydrogen-bond acceptors (Lipinski definition) is 3. The van der Waals surface area contributed by atoms with E-state index < -0.39 is 12.8 Å². The highest BCUT2D eigenvalue weighted by Crippen LogP contribution is 2.14. The van der Waals surface area contributed by atoms with E-state index in [1.54, 1.807) is 13.2 Å². The van der Waals surface area contributed by atoms with Gasteiger partial charge in [0.05, 0.1) is 12.2 Å². The lowest BCUT2D eigenvalue weighted by atomic mass is 10.3. The maximum Gasteiger partial charge on any atom is 0.411 e. The van der Waals surface area contributed by atoms with Crippen molar-refractivity contribution < 1.29 is 17.9 Å². The van der Waals surface area contributed by atoms with Crippen LogP contribution in [0.1, 0.15) is 12.1 Å². The largest absolute Gasteiger partial charge is 0.411 e. The van der Waals surface area contributed by atoms with Crippen molar-refractivity contribution in [2.45, 2.75) is 19.1 Å². The standard InChI is InChI=1S/C13H19F3N4O.HI/c1-17-12(20-9-11-5-2-3-6-18-11)19-7-4-8-21-10-13(14,15)16;/h2-3,5-6H,4,7-10H2,1H3,(H2,17,19,20);1H. The third-order valence-corrected chi connectivity index (χ3v) is 2.41. The van der Waals surface area contributed by atoms with Crippen molar-refractivity contribution in [3.05, 3.63) is 30.1 Å². The van der Waals surface area contributed by atoms with Gasteiger partial charge >= 0.3 is 6.18 Å². The molecule has 9 heteroatoms. The van der Waals surface area contributed by atoms with Crippen molar-refractivity contribution in [2.24, 2.45) is 4.99 Å². The summed E-state index contributed by atoms with van der Waals surface area (Å²) in [7, 11) is 1.62. The highest BCUT2D eigenvalue weighted by atomic mass is 127. The topological polar surface area (TPSA) is 58.5 Å². The average Bonchev–Trinajstić information content (AvgIpc) is 2.45. The monoisotopic (exact) mass is 432 g/mol. The number of guanidine groups is 1. The Hall–Kier alpha value is -1.10. The van der Waals surface area contributed by atoms with E-state index in [9.17, 15) is 13.2 Å². The molecular formula is C13H20F3IN4O. The number of pyridine rings is 1. The molecule has 0 atom stereocenters. The minimum absolute atomic E-state index is 0. The molecule has 0 spiro atoms. The second-order valence-corrected chi connectivity index (χ2v) is 4.19. The Balaban J connectivity index is 0.00000441. The van der Waals surface area contributed by atoms with E-state index in [-0.39, 0.29) is 30.6 Å². The molecular weight excluding hydrogens is 412 g/mol. The lowest BCUT2D eigenvalue weighted by molar-refractivity contribution is -0.173. The highest BCUT2D eigenvalue weighted by Gasteiger charge is 2.27. The number of aliphatic imine (C=N–C) groups is 1. The Bertz CT molecular complexity index is 429. The van der Waals surface area contributed by atoms with Crippen LogP contribution in [0.5, 0.6) is 0 Å². The van der Waals surface area contributed by atoms with Crippen LogP contribution in [0.15, 0.2) is 29.4 Å². The van der Waals surface area contributed by atoms with E-state index in [0.717, 1.165) is 5.69 Å². The first kappa shape index (κ1) is 20.9. The molecule has 5 nitrogen and oxygen atoms in total. The van der Waals surface area contributed by atoms with Crippen molar-refractivity contribution in [3.63, 3.8) is 0 Å². The molecule has 0 saturated carbocycles. The third-order valence-electron chi connectivity index (χ3n) is 2.41. The van der Waals surface area contributed by atoms with E-state index >= 15 is 0 Å². The van der Waals surface area contributed by atoms with Crippen LogP contribution in [-0.4, -0.2) is 43.9 Å². The molecule has 0 aromatic carbocycles. The summed E-state index contributed by atoms with van der Waals surface area (Å²) < 4.78 is 40.0. The van der Waals surface area contributed by atoms with Gasteiger partial charge in [-0.05, 0) is 18.6 Å². The van der Waals surface area contributed by atoms with Gasteiger partial charge in [-0.25, -0.2) is 0 Å². The molecule has 1 aromatic heterocycles. The molecule has 126 valence electrons. The van der Waals surface area contributed by atoms with Crippen LogP contribution in [0.2, 0.25) is 0 Å². The van der Waals surface area contributed by atoms with Gasteiger partial charge in [0.15, 0.2) is 5.96 Å². The minimum atomic E-state index is -4.27. The third kappa shape index (κ3) is 10.6. The molecule has 1 heterocycles. The number of rotatable bonds is 7. The fourth-order valence-corrected chi connectivity index (χ4v) is 1.47. The van der Waals surface area contributed by atoms with Crippen LogP contribution < -0.4 is 10.6 Å². The second kappa shape index (κ2) is 11.5. The molecule has 0 saturated heterocycles. The Kier molecular flexibility index (Phi) is 10.9. The molecule has 0 radical (unpaired) electrons. The van der Waals surface area contributed by atoms with Gasteiger partial charge < -0.3 is 15.4 Å². The Morgan fingerprint density at radius 1 is 1.32 bits per heavy atom. The summed E-state index contributed by atoms with van der Waals surface area (Å²) in [5.41, 5.74) is 0.869. The summed E-state index contributed by atoms with van der Waals surface area (Å²) in [5, 5.41) is 6.04. The maximum atomic E-state index is 11.8. The highest BCUT2D eigenvalue weighted by molar-refractivity contribution is 14.0. The van der Waals surface area contributed by atoms with Crippen LogP contribution in [-0.2, 0) is 11.3 Å². The van der Waals surface area contributed by atoms with Crippen molar-refractivity contribution in [2.75, 3.05) is 26.8 Å². The van der Waals surface area contributed by atoms with Crippen LogP contribution in [0.25, 0.3) is 0 Å². The van der Waals surface area contributed by atoms with E-state index in [0.29, 0.717) is 25.5 Å². The van der Waals surface area contributed by atoms with Gasteiger partial charge in [-0.2, -0.15) is 13.2 Å². The van der Waals surface area contributed by atoms with Crippen molar-refractivity contribution >= 4 is 29.9 Å².